The molecule has 1 aliphatic heterocycles. The molecule has 2 aromatic carbocycles. The van der Waals surface area contributed by atoms with Crippen LogP contribution in [0.4, 0.5) is 11.4 Å². The van der Waals surface area contributed by atoms with E-state index in [9.17, 15) is 19.2 Å². The van der Waals surface area contributed by atoms with Crippen LogP contribution in [0.1, 0.15) is 50.2 Å². The van der Waals surface area contributed by atoms with Crippen molar-refractivity contribution in [1.82, 2.24) is 19.4 Å². The fourth-order valence-electron chi connectivity index (χ4n) is 5.50. The summed E-state index contributed by atoms with van der Waals surface area (Å²) in [5.41, 5.74) is 1.64. The molecule has 0 saturated carbocycles. The first-order valence-corrected chi connectivity index (χ1v) is 15.6. The third kappa shape index (κ3) is 7.53. The molecule has 0 unspecified atom stereocenters. The van der Waals surface area contributed by atoms with Gasteiger partial charge in [-0.3, -0.25) is 14.4 Å². The quantitative estimate of drug-likeness (QED) is 0.112. The van der Waals surface area contributed by atoms with Gasteiger partial charge in [-0.15, -0.1) is 0 Å². The molecule has 1 saturated heterocycles. The number of nitrogens with zero attached hydrogens (tertiary/aromatic N) is 3. The highest BCUT2D eigenvalue weighted by Crippen LogP contribution is 2.35. The van der Waals surface area contributed by atoms with Crippen LogP contribution in [0.5, 0.6) is 5.75 Å². The van der Waals surface area contributed by atoms with Crippen LogP contribution < -0.4 is 20.7 Å². The molecule has 3 amide bonds. The highest BCUT2D eigenvalue weighted by Gasteiger charge is 2.53. The summed E-state index contributed by atoms with van der Waals surface area (Å²) in [6.45, 7) is 5.25. The van der Waals surface area contributed by atoms with Gasteiger partial charge in [-0.05, 0) is 81.5 Å². The van der Waals surface area contributed by atoms with Crippen molar-refractivity contribution in [3.8, 4) is 5.75 Å². The number of amides is 3. The van der Waals surface area contributed by atoms with Crippen molar-refractivity contribution in [2.45, 2.75) is 32.0 Å². The lowest BCUT2D eigenvalue weighted by molar-refractivity contribution is -0.127. The van der Waals surface area contributed by atoms with Gasteiger partial charge in [-0.25, -0.2) is 4.79 Å². The van der Waals surface area contributed by atoms with Gasteiger partial charge in [0.2, 0.25) is 6.10 Å². The van der Waals surface area contributed by atoms with Gasteiger partial charge >= 0.3 is 5.97 Å². The highest BCUT2D eigenvalue weighted by atomic mass is 16.6. The van der Waals surface area contributed by atoms with E-state index in [0.29, 0.717) is 34.7 Å². The summed E-state index contributed by atoms with van der Waals surface area (Å²) >= 11 is 0. The molecule has 13 nitrogen and oxygen atoms in total. The Balaban J connectivity index is 1.27. The third-order valence-corrected chi connectivity index (χ3v) is 8.33. The largest absolute Gasteiger partial charge is 0.497 e. The summed E-state index contributed by atoms with van der Waals surface area (Å²) in [6, 6.07) is 12.2. The van der Waals surface area contributed by atoms with E-state index in [2.05, 4.69) is 16.0 Å². The zero-order valence-corrected chi connectivity index (χ0v) is 28.3. The summed E-state index contributed by atoms with van der Waals surface area (Å²) in [6.07, 6.45) is 2.77. The maximum absolute atomic E-state index is 13.6. The van der Waals surface area contributed by atoms with Crippen LogP contribution in [0, 0.1) is 6.92 Å². The molecular formula is C35H42N6O7. The van der Waals surface area contributed by atoms with Crippen molar-refractivity contribution in [3.63, 3.8) is 0 Å². The number of carbonyl (C=O) groups excluding carboxylic acids is 4. The molecule has 1 aliphatic rings. The van der Waals surface area contributed by atoms with Crippen LogP contribution in [0.3, 0.4) is 0 Å². The Bertz CT molecular complexity index is 1870. The summed E-state index contributed by atoms with van der Waals surface area (Å²) in [5.74, 6) is -1.49. The minimum Gasteiger partial charge on any atom is -0.497 e. The molecule has 254 valence electrons. The van der Waals surface area contributed by atoms with Crippen LogP contribution in [0.2, 0.25) is 0 Å². The molecule has 3 heterocycles. The normalized spacial score (nSPS) is 16.0. The summed E-state index contributed by atoms with van der Waals surface area (Å²) < 4.78 is 20.0. The monoisotopic (exact) mass is 658 g/mol. The second-order valence-corrected chi connectivity index (χ2v) is 12.5. The van der Waals surface area contributed by atoms with Crippen molar-refractivity contribution in [2.24, 2.45) is 14.1 Å². The maximum atomic E-state index is 13.6. The fraction of sp³-hybridized carbons (Fsp3) is 0.371. The van der Waals surface area contributed by atoms with E-state index in [1.807, 2.05) is 50.2 Å². The number of rotatable bonds is 13. The van der Waals surface area contributed by atoms with E-state index in [0.717, 1.165) is 23.9 Å². The number of carbonyl (C=O) groups is 4. The first-order valence-electron chi connectivity index (χ1n) is 15.6. The average Bonchev–Trinajstić information content (AvgIpc) is 3.51. The average molecular weight is 659 g/mol. The minimum absolute atomic E-state index is 0.228. The number of benzene rings is 2. The van der Waals surface area contributed by atoms with Gasteiger partial charge in [0, 0.05) is 33.0 Å². The summed E-state index contributed by atoms with van der Waals surface area (Å²) in [4.78, 5) is 55.1. The molecule has 0 radical (unpaired) electrons. The van der Waals surface area contributed by atoms with Crippen molar-refractivity contribution in [3.05, 3.63) is 77.4 Å². The lowest BCUT2D eigenvalue weighted by Crippen LogP contribution is -2.42. The number of ether oxygens (including phenoxy) is 3. The van der Waals surface area contributed by atoms with E-state index in [-0.39, 0.29) is 23.8 Å². The molecule has 48 heavy (non-hydrogen) atoms. The van der Waals surface area contributed by atoms with Gasteiger partial charge in [0.25, 0.3) is 17.7 Å². The topological polar surface area (TPSA) is 148 Å². The van der Waals surface area contributed by atoms with Crippen molar-refractivity contribution in [1.29, 1.82) is 0 Å². The van der Waals surface area contributed by atoms with Crippen molar-refractivity contribution < 1.29 is 33.4 Å². The molecule has 4 aromatic rings. The van der Waals surface area contributed by atoms with Crippen LogP contribution in [-0.2, 0) is 28.4 Å². The maximum Gasteiger partial charge on any atom is 0.339 e. The number of hydrogen-bond donors (Lipinski definition) is 3. The van der Waals surface area contributed by atoms with Crippen molar-refractivity contribution >= 4 is 45.8 Å². The van der Waals surface area contributed by atoms with Gasteiger partial charge in [-0.2, -0.15) is 0 Å². The first kappa shape index (κ1) is 34.2. The molecule has 5 rings (SSSR count). The van der Waals surface area contributed by atoms with Gasteiger partial charge in [0.1, 0.15) is 22.7 Å². The Hall–Kier alpha value is -5.14. The smallest absolute Gasteiger partial charge is 0.339 e. The molecule has 0 spiro atoms. The Labute approximate surface area is 279 Å². The zero-order chi connectivity index (χ0) is 34.7. The predicted octanol–water partition coefficient (Wildman–Crippen LogP) is 3.72. The van der Waals surface area contributed by atoms with Gasteiger partial charge in [-0.1, -0.05) is 18.2 Å². The molecule has 2 aromatic heterocycles. The number of aromatic nitrogens is 2. The Kier molecular flexibility index (Phi) is 9.92. The lowest BCUT2D eigenvalue weighted by atomic mass is 10.00. The third-order valence-electron chi connectivity index (χ3n) is 8.33. The first-order chi connectivity index (χ1) is 22.8. The number of methoxy groups -OCH3 is 1. The Morgan fingerprint density at radius 3 is 2.23 bits per heavy atom. The van der Waals surface area contributed by atoms with Gasteiger partial charge in [0.05, 0.1) is 30.7 Å². The molecule has 3 N–H and O–H groups in total. The van der Waals surface area contributed by atoms with E-state index in [1.165, 1.54) is 13.2 Å². The van der Waals surface area contributed by atoms with Gasteiger partial charge < -0.3 is 44.2 Å². The Morgan fingerprint density at radius 1 is 0.958 bits per heavy atom. The van der Waals surface area contributed by atoms with E-state index in [4.69, 9.17) is 14.2 Å². The van der Waals surface area contributed by atoms with Crippen LogP contribution >= 0.6 is 0 Å². The number of aryl methyl sites for hydroxylation is 3. The zero-order valence-electron chi connectivity index (χ0n) is 28.3. The van der Waals surface area contributed by atoms with Crippen LogP contribution in [-0.4, -0.2) is 90.3 Å². The van der Waals surface area contributed by atoms with Gasteiger partial charge in [0.15, 0.2) is 0 Å². The number of nitrogens with one attached hydrogen (secondary N) is 3. The van der Waals surface area contributed by atoms with E-state index in [1.54, 1.807) is 54.7 Å². The standard InChI is InChI=1S/C35H42N6O7/c1-21-10-8-11-25-26(21)16-24(46-7)17-27(25)34(45)48-30(35(2)20-47-35)33(44)38-23-15-29(41(6)19-23)32(43)37-22-14-28(40(5)18-22)31(42)36-12-9-13-39(3)4/h8,10-11,14-19,30H,9,12-13,20H2,1-7H3,(H,36,42)(H,37,43)(H,38,44)/t30-,35+/m1/s1. The molecule has 13 heteroatoms. The number of fused-ring (bicyclic) bond motifs is 1. The van der Waals surface area contributed by atoms with E-state index < -0.39 is 29.5 Å². The number of esters is 1. The number of hydrogen-bond acceptors (Lipinski definition) is 8. The minimum atomic E-state index is -1.27. The number of epoxide rings is 1. The molecule has 0 bridgehead atoms. The van der Waals surface area contributed by atoms with Crippen LogP contribution in [0.25, 0.3) is 10.8 Å². The lowest BCUT2D eigenvalue weighted by Gasteiger charge is -2.21. The Morgan fingerprint density at radius 2 is 1.60 bits per heavy atom. The molecular weight excluding hydrogens is 616 g/mol. The molecule has 2 atom stereocenters. The van der Waals surface area contributed by atoms with Crippen LogP contribution in [0.15, 0.2) is 54.9 Å². The fourth-order valence-corrected chi connectivity index (χ4v) is 5.50. The molecule has 0 aliphatic carbocycles. The highest BCUT2D eigenvalue weighted by molar-refractivity contribution is 6.08. The summed E-state index contributed by atoms with van der Waals surface area (Å²) in [5, 5.41) is 9.99. The van der Waals surface area contributed by atoms with E-state index >= 15 is 0 Å². The van der Waals surface area contributed by atoms with Crippen molar-refractivity contribution in [2.75, 3.05) is 51.5 Å². The second-order valence-electron chi connectivity index (χ2n) is 12.5. The SMILES string of the molecule is COc1cc(C(=O)O[C@H](C(=O)Nc2cc(C(=O)Nc3cc(C(=O)NCCCN(C)C)n(C)c3)n(C)c2)[C@]2(C)CO2)c2cccc(C)c2c1. The number of anilines is 2. The molecule has 1 fully saturated rings. The predicted molar refractivity (Wildman–Crippen MR) is 182 cm³/mol. The summed E-state index contributed by atoms with van der Waals surface area (Å²) in [7, 11) is 8.86. The second kappa shape index (κ2) is 13.9.